The van der Waals surface area contributed by atoms with Gasteiger partial charge >= 0.3 is 0 Å². The fourth-order valence-corrected chi connectivity index (χ4v) is 3.12. The van der Waals surface area contributed by atoms with Crippen LogP contribution in [0.3, 0.4) is 0 Å². The molecule has 2 aliphatic rings. The minimum absolute atomic E-state index is 0.747. The summed E-state index contributed by atoms with van der Waals surface area (Å²) >= 11 is 0. The fourth-order valence-electron chi connectivity index (χ4n) is 3.12. The molecule has 2 atom stereocenters. The van der Waals surface area contributed by atoms with E-state index < -0.39 is 0 Å². The Bertz CT molecular complexity index is 165. The van der Waals surface area contributed by atoms with Crippen LogP contribution in [0.5, 0.6) is 0 Å². The van der Waals surface area contributed by atoms with Gasteiger partial charge in [0.25, 0.3) is 0 Å². The van der Waals surface area contributed by atoms with Crippen LogP contribution in [0.2, 0.25) is 0 Å². The molecule has 2 nitrogen and oxygen atoms in total. The zero-order valence-electron chi connectivity index (χ0n) is 11.2. The van der Waals surface area contributed by atoms with Crippen LogP contribution in [-0.2, 0) is 0 Å². The van der Waals surface area contributed by atoms with Crippen LogP contribution in [0.1, 0.15) is 47.5 Å². The lowest BCUT2D eigenvalue weighted by Gasteiger charge is -2.43. The second kappa shape index (κ2) is 5.86. The van der Waals surface area contributed by atoms with Gasteiger partial charge in [0.1, 0.15) is 0 Å². The van der Waals surface area contributed by atoms with E-state index in [1.807, 2.05) is 13.8 Å². The van der Waals surface area contributed by atoms with Crippen molar-refractivity contribution in [1.29, 1.82) is 0 Å². The highest BCUT2D eigenvalue weighted by Gasteiger charge is 2.40. The number of piperazine rings is 1. The zero-order valence-corrected chi connectivity index (χ0v) is 11.2. The average Bonchev–Trinajstić information content (AvgIpc) is 2.53. The van der Waals surface area contributed by atoms with Crippen LogP contribution in [0.4, 0.5) is 0 Å². The highest BCUT2D eigenvalue weighted by atomic mass is 15.3. The standard InChI is InChI=1S/C11H22N2.C2H6/c1-4-12-7-10-5-6-11(8-12)13(10)9(2)3;1-2/h9-11H,4-8H2,1-3H3;1-2H3. The van der Waals surface area contributed by atoms with Gasteiger partial charge in [0.2, 0.25) is 0 Å². The number of fused-ring (bicyclic) bond motifs is 2. The second-order valence-electron chi connectivity index (χ2n) is 4.78. The van der Waals surface area contributed by atoms with Crippen molar-refractivity contribution < 1.29 is 0 Å². The molecule has 0 amide bonds. The molecule has 2 unspecified atom stereocenters. The first-order valence-electron chi connectivity index (χ1n) is 6.72. The Morgan fingerprint density at radius 3 is 1.87 bits per heavy atom. The number of hydrogen-bond donors (Lipinski definition) is 0. The maximum atomic E-state index is 2.74. The molecule has 2 saturated heterocycles. The Labute approximate surface area is 95.6 Å². The minimum Gasteiger partial charge on any atom is -0.301 e. The second-order valence-corrected chi connectivity index (χ2v) is 4.78. The van der Waals surface area contributed by atoms with Crippen LogP contribution in [-0.4, -0.2) is 47.6 Å². The van der Waals surface area contributed by atoms with Gasteiger partial charge in [0.15, 0.2) is 0 Å². The van der Waals surface area contributed by atoms with Gasteiger partial charge in [-0.1, -0.05) is 20.8 Å². The van der Waals surface area contributed by atoms with Crippen molar-refractivity contribution >= 4 is 0 Å². The summed E-state index contributed by atoms with van der Waals surface area (Å²) in [5, 5.41) is 0. The topological polar surface area (TPSA) is 6.48 Å². The number of likely N-dealkylation sites (tertiary alicyclic amines) is 1. The van der Waals surface area contributed by atoms with Crippen molar-refractivity contribution in [3.05, 3.63) is 0 Å². The lowest BCUT2D eigenvalue weighted by atomic mass is 10.1. The Morgan fingerprint density at radius 1 is 1.07 bits per heavy atom. The summed E-state index contributed by atoms with van der Waals surface area (Å²) in [4.78, 5) is 5.35. The molecule has 0 aliphatic carbocycles. The van der Waals surface area contributed by atoms with E-state index in [2.05, 4.69) is 30.6 Å². The van der Waals surface area contributed by atoms with Gasteiger partial charge in [0, 0.05) is 31.2 Å². The third-order valence-electron chi connectivity index (χ3n) is 3.66. The van der Waals surface area contributed by atoms with Gasteiger partial charge in [-0.3, -0.25) is 4.90 Å². The summed E-state index contributed by atoms with van der Waals surface area (Å²) in [6.07, 6.45) is 2.86. The van der Waals surface area contributed by atoms with E-state index in [1.165, 1.54) is 32.5 Å². The minimum atomic E-state index is 0.747. The van der Waals surface area contributed by atoms with Gasteiger partial charge in [-0.05, 0) is 33.2 Å². The molecule has 0 saturated carbocycles. The van der Waals surface area contributed by atoms with Crippen molar-refractivity contribution in [3.63, 3.8) is 0 Å². The number of rotatable bonds is 2. The summed E-state index contributed by atoms with van der Waals surface area (Å²) in [5.74, 6) is 0. The molecule has 0 N–H and O–H groups in total. The highest BCUT2D eigenvalue weighted by molar-refractivity contribution is 4.96. The molecule has 2 heteroatoms. The predicted octanol–water partition coefficient (Wildman–Crippen LogP) is 2.59. The van der Waals surface area contributed by atoms with E-state index >= 15 is 0 Å². The predicted molar refractivity (Wildman–Crippen MR) is 67.2 cm³/mol. The van der Waals surface area contributed by atoms with E-state index in [-0.39, 0.29) is 0 Å². The summed E-state index contributed by atoms with van der Waals surface area (Å²) in [6.45, 7) is 14.8. The van der Waals surface area contributed by atoms with Crippen LogP contribution >= 0.6 is 0 Å². The molecular weight excluding hydrogens is 184 g/mol. The highest BCUT2D eigenvalue weighted by Crippen LogP contribution is 2.31. The van der Waals surface area contributed by atoms with Crippen LogP contribution in [0, 0.1) is 0 Å². The van der Waals surface area contributed by atoms with Crippen LogP contribution < -0.4 is 0 Å². The zero-order chi connectivity index (χ0) is 11.4. The molecule has 2 fully saturated rings. The van der Waals surface area contributed by atoms with E-state index in [0.717, 1.165) is 18.1 Å². The SMILES string of the molecule is CC.CCN1CC2CCC(C1)N2C(C)C. The molecule has 0 aromatic rings. The third-order valence-corrected chi connectivity index (χ3v) is 3.66. The lowest BCUT2D eigenvalue weighted by molar-refractivity contribution is 0.0465. The Balaban J connectivity index is 0.000000531. The van der Waals surface area contributed by atoms with Crippen molar-refractivity contribution in [2.45, 2.75) is 65.6 Å². The maximum Gasteiger partial charge on any atom is 0.0229 e. The monoisotopic (exact) mass is 212 g/mol. The lowest BCUT2D eigenvalue weighted by Crippen LogP contribution is -2.55. The normalized spacial score (nSPS) is 31.6. The first kappa shape index (κ1) is 13.0. The summed E-state index contributed by atoms with van der Waals surface area (Å²) in [5.41, 5.74) is 0. The molecule has 2 aliphatic heterocycles. The van der Waals surface area contributed by atoms with Gasteiger partial charge in [-0.25, -0.2) is 0 Å². The molecule has 0 aromatic heterocycles. The van der Waals surface area contributed by atoms with Gasteiger partial charge in [0.05, 0.1) is 0 Å². The van der Waals surface area contributed by atoms with Gasteiger partial charge in [-0.2, -0.15) is 0 Å². The van der Waals surface area contributed by atoms with Crippen LogP contribution in [0.15, 0.2) is 0 Å². The molecule has 2 heterocycles. The number of likely N-dealkylation sites (N-methyl/N-ethyl adjacent to an activating group) is 1. The van der Waals surface area contributed by atoms with Crippen molar-refractivity contribution in [2.75, 3.05) is 19.6 Å². The molecule has 90 valence electrons. The first-order chi connectivity index (χ1) is 7.22. The quantitative estimate of drug-likeness (QED) is 0.694. The van der Waals surface area contributed by atoms with E-state index in [1.54, 1.807) is 0 Å². The van der Waals surface area contributed by atoms with E-state index in [0.29, 0.717) is 0 Å². The molecule has 2 bridgehead atoms. The largest absolute Gasteiger partial charge is 0.301 e. The van der Waals surface area contributed by atoms with E-state index in [9.17, 15) is 0 Å². The first-order valence-corrected chi connectivity index (χ1v) is 6.72. The third kappa shape index (κ3) is 2.73. The van der Waals surface area contributed by atoms with Gasteiger partial charge < -0.3 is 4.90 Å². The van der Waals surface area contributed by atoms with E-state index in [4.69, 9.17) is 0 Å². The maximum absolute atomic E-state index is 2.74. The Morgan fingerprint density at radius 2 is 1.53 bits per heavy atom. The molecular formula is C13H28N2. The summed E-state index contributed by atoms with van der Waals surface area (Å²) in [6, 6.07) is 2.47. The average molecular weight is 212 g/mol. The molecule has 15 heavy (non-hydrogen) atoms. The number of hydrogen-bond acceptors (Lipinski definition) is 2. The molecule has 0 spiro atoms. The van der Waals surface area contributed by atoms with Crippen molar-refractivity contribution in [3.8, 4) is 0 Å². The number of nitrogens with zero attached hydrogens (tertiary/aromatic N) is 2. The Hall–Kier alpha value is -0.0800. The Kier molecular flexibility index (Phi) is 5.07. The molecule has 0 radical (unpaired) electrons. The van der Waals surface area contributed by atoms with Crippen molar-refractivity contribution in [2.24, 2.45) is 0 Å². The summed E-state index contributed by atoms with van der Waals surface area (Å²) < 4.78 is 0. The smallest absolute Gasteiger partial charge is 0.0229 e. The van der Waals surface area contributed by atoms with Crippen molar-refractivity contribution in [1.82, 2.24) is 9.80 Å². The summed E-state index contributed by atoms with van der Waals surface area (Å²) in [7, 11) is 0. The van der Waals surface area contributed by atoms with Crippen LogP contribution in [0.25, 0.3) is 0 Å². The fraction of sp³-hybridized carbons (Fsp3) is 1.00. The molecule has 0 aromatic carbocycles. The van der Waals surface area contributed by atoms with Gasteiger partial charge in [-0.15, -0.1) is 0 Å². The molecule has 2 rings (SSSR count).